The zero-order chi connectivity index (χ0) is 17.5. The van der Waals surface area contributed by atoms with E-state index in [-0.39, 0.29) is 5.91 Å². The van der Waals surface area contributed by atoms with Crippen molar-refractivity contribution in [2.45, 2.75) is 38.6 Å². The fraction of sp³-hybridized carbons (Fsp3) is 0.632. The number of likely N-dealkylation sites (tertiary alicyclic amines) is 1. The Bertz CT molecular complexity index is 517. The number of aryl methyl sites for hydroxylation is 1. The molecule has 1 aromatic rings. The van der Waals surface area contributed by atoms with Crippen molar-refractivity contribution in [2.24, 2.45) is 0 Å². The number of benzene rings is 1. The molecule has 1 saturated heterocycles. The van der Waals surface area contributed by atoms with Gasteiger partial charge in [0.15, 0.2) is 0 Å². The molecule has 1 amide bonds. The van der Waals surface area contributed by atoms with Crippen molar-refractivity contribution in [1.82, 2.24) is 9.80 Å². The third-order valence-electron chi connectivity index (χ3n) is 4.98. The molecule has 5 nitrogen and oxygen atoms in total. The largest absolute Gasteiger partial charge is 0.497 e. The van der Waals surface area contributed by atoms with Crippen LogP contribution in [-0.4, -0.2) is 62.7 Å². The van der Waals surface area contributed by atoms with E-state index >= 15 is 0 Å². The zero-order valence-electron chi connectivity index (χ0n) is 15.4. The lowest BCUT2D eigenvalue weighted by Gasteiger charge is -2.36. The number of hydrogen-bond donors (Lipinski definition) is 0. The number of nitrogens with zero attached hydrogens (tertiary/aromatic N) is 2. The molecule has 0 radical (unpaired) electrons. The first kappa shape index (κ1) is 18.6. The van der Waals surface area contributed by atoms with Gasteiger partial charge in [0, 0.05) is 38.7 Å². The minimum Gasteiger partial charge on any atom is -0.497 e. The fourth-order valence-electron chi connectivity index (χ4n) is 3.26. The summed E-state index contributed by atoms with van der Waals surface area (Å²) in [5.74, 6) is 1.74. The van der Waals surface area contributed by atoms with Gasteiger partial charge in [-0.2, -0.15) is 0 Å². The smallest absolute Gasteiger partial charge is 0.222 e. The molecule has 0 N–H and O–H groups in total. The highest BCUT2D eigenvalue weighted by molar-refractivity contribution is 5.76. The summed E-state index contributed by atoms with van der Waals surface area (Å²) in [6.07, 6.45) is 3.36. The molecule has 0 saturated carbocycles. The summed E-state index contributed by atoms with van der Waals surface area (Å²) in [5.41, 5.74) is 1.06. The van der Waals surface area contributed by atoms with E-state index in [0.717, 1.165) is 49.5 Å². The second-order valence-electron chi connectivity index (χ2n) is 6.39. The van der Waals surface area contributed by atoms with Gasteiger partial charge in [0.25, 0.3) is 0 Å². The SMILES string of the molecule is CCN1CCC(N(C)C(=O)CCc2cc(OC)cc(OC)c2)CC1. The van der Waals surface area contributed by atoms with Crippen molar-refractivity contribution in [3.63, 3.8) is 0 Å². The van der Waals surface area contributed by atoms with Crippen LogP contribution in [0.5, 0.6) is 11.5 Å². The molecule has 1 aliphatic rings. The number of rotatable bonds is 7. The van der Waals surface area contributed by atoms with Gasteiger partial charge in [-0.05, 0) is 43.5 Å². The van der Waals surface area contributed by atoms with Gasteiger partial charge in [-0.15, -0.1) is 0 Å². The summed E-state index contributed by atoms with van der Waals surface area (Å²) < 4.78 is 10.6. The molecule has 0 spiro atoms. The van der Waals surface area contributed by atoms with Gasteiger partial charge in [0.2, 0.25) is 5.91 Å². The lowest BCUT2D eigenvalue weighted by molar-refractivity contribution is -0.132. The number of hydrogen-bond acceptors (Lipinski definition) is 4. The van der Waals surface area contributed by atoms with E-state index in [4.69, 9.17) is 9.47 Å². The van der Waals surface area contributed by atoms with Gasteiger partial charge in [-0.25, -0.2) is 0 Å². The third-order valence-corrected chi connectivity index (χ3v) is 4.98. The first-order valence-electron chi connectivity index (χ1n) is 8.77. The number of methoxy groups -OCH3 is 2. The standard InChI is InChI=1S/C19H30N2O3/c1-5-21-10-8-16(9-11-21)20(2)19(22)7-6-15-12-17(23-3)14-18(13-15)24-4/h12-14,16H,5-11H2,1-4H3. The first-order valence-corrected chi connectivity index (χ1v) is 8.77. The number of ether oxygens (including phenoxy) is 2. The van der Waals surface area contributed by atoms with Crippen LogP contribution in [0.25, 0.3) is 0 Å². The van der Waals surface area contributed by atoms with Crippen LogP contribution in [0.1, 0.15) is 31.7 Å². The Kier molecular flexibility index (Phi) is 6.91. The molecule has 0 bridgehead atoms. The normalized spacial score (nSPS) is 16.0. The van der Waals surface area contributed by atoms with Crippen LogP contribution in [0.4, 0.5) is 0 Å². The van der Waals surface area contributed by atoms with E-state index in [0.29, 0.717) is 18.9 Å². The van der Waals surface area contributed by atoms with Crippen LogP contribution in [0, 0.1) is 0 Å². The van der Waals surface area contributed by atoms with E-state index in [1.54, 1.807) is 14.2 Å². The summed E-state index contributed by atoms with van der Waals surface area (Å²) in [4.78, 5) is 16.9. The quantitative estimate of drug-likeness (QED) is 0.769. The Labute approximate surface area is 145 Å². The number of carbonyl (C=O) groups is 1. The molecular formula is C19H30N2O3. The first-order chi connectivity index (χ1) is 11.6. The Morgan fingerprint density at radius 2 is 1.75 bits per heavy atom. The molecule has 0 atom stereocenters. The van der Waals surface area contributed by atoms with Gasteiger partial charge in [-0.1, -0.05) is 6.92 Å². The van der Waals surface area contributed by atoms with Gasteiger partial charge >= 0.3 is 0 Å². The lowest BCUT2D eigenvalue weighted by Crippen LogP contribution is -2.45. The molecule has 1 heterocycles. The van der Waals surface area contributed by atoms with Crippen LogP contribution in [-0.2, 0) is 11.2 Å². The highest BCUT2D eigenvalue weighted by Crippen LogP contribution is 2.24. The summed E-state index contributed by atoms with van der Waals surface area (Å²) in [5, 5.41) is 0. The zero-order valence-corrected chi connectivity index (χ0v) is 15.4. The molecular weight excluding hydrogens is 304 g/mol. The summed E-state index contributed by atoms with van der Waals surface area (Å²) >= 11 is 0. The highest BCUT2D eigenvalue weighted by Gasteiger charge is 2.24. The molecule has 134 valence electrons. The Morgan fingerprint density at radius 3 is 2.25 bits per heavy atom. The molecule has 1 fully saturated rings. The van der Waals surface area contributed by atoms with Gasteiger partial charge < -0.3 is 19.3 Å². The molecule has 0 aliphatic carbocycles. The van der Waals surface area contributed by atoms with Crippen molar-refractivity contribution in [3.8, 4) is 11.5 Å². The monoisotopic (exact) mass is 334 g/mol. The Hall–Kier alpha value is -1.75. The fourth-order valence-corrected chi connectivity index (χ4v) is 3.26. The van der Waals surface area contributed by atoms with E-state index in [9.17, 15) is 4.79 Å². The van der Waals surface area contributed by atoms with Crippen molar-refractivity contribution in [2.75, 3.05) is 40.9 Å². The summed E-state index contributed by atoms with van der Waals surface area (Å²) in [7, 11) is 5.22. The van der Waals surface area contributed by atoms with Crippen molar-refractivity contribution < 1.29 is 14.3 Å². The van der Waals surface area contributed by atoms with E-state index < -0.39 is 0 Å². The molecule has 0 aromatic heterocycles. The van der Waals surface area contributed by atoms with E-state index in [2.05, 4.69) is 11.8 Å². The summed E-state index contributed by atoms with van der Waals surface area (Å²) in [6.45, 7) is 5.47. The second kappa shape index (κ2) is 8.92. The number of piperidine rings is 1. The Balaban J connectivity index is 1.88. The molecule has 0 unspecified atom stereocenters. The molecule has 24 heavy (non-hydrogen) atoms. The molecule has 5 heteroatoms. The lowest BCUT2D eigenvalue weighted by atomic mass is 10.0. The second-order valence-corrected chi connectivity index (χ2v) is 6.39. The highest BCUT2D eigenvalue weighted by atomic mass is 16.5. The summed E-state index contributed by atoms with van der Waals surface area (Å²) in [6, 6.07) is 6.16. The van der Waals surface area contributed by atoms with Crippen LogP contribution in [0.2, 0.25) is 0 Å². The predicted octanol–water partition coefficient (Wildman–Crippen LogP) is 2.58. The van der Waals surface area contributed by atoms with Crippen LogP contribution in [0.15, 0.2) is 18.2 Å². The van der Waals surface area contributed by atoms with Crippen molar-refractivity contribution in [1.29, 1.82) is 0 Å². The topological polar surface area (TPSA) is 42.0 Å². The van der Waals surface area contributed by atoms with Crippen molar-refractivity contribution >= 4 is 5.91 Å². The van der Waals surface area contributed by atoms with Crippen LogP contribution >= 0.6 is 0 Å². The average Bonchev–Trinajstić information content (AvgIpc) is 2.65. The minimum atomic E-state index is 0.215. The minimum absolute atomic E-state index is 0.215. The van der Waals surface area contributed by atoms with Crippen LogP contribution in [0.3, 0.4) is 0 Å². The van der Waals surface area contributed by atoms with E-state index in [1.165, 1.54) is 0 Å². The number of amides is 1. The van der Waals surface area contributed by atoms with Gasteiger partial charge in [0.1, 0.15) is 11.5 Å². The molecule has 1 aromatic carbocycles. The van der Waals surface area contributed by atoms with Crippen molar-refractivity contribution in [3.05, 3.63) is 23.8 Å². The Morgan fingerprint density at radius 1 is 1.17 bits per heavy atom. The molecule has 2 rings (SSSR count). The van der Waals surface area contributed by atoms with Gasteiger partial charge in [-0.3, -0.25) is 4.79 Å². The maximum Gasteiger partial charge on any atom is 0.222 e. The predicted molar refractivity (Wildman–Crippen MR) is 95.8 cm³/mol. The maximum absolute atomic E-state index is 12.5. The third kappa shape index (κ3) is 4.87. The van der Waals surface area contributed by atoms with E-state index in [1.807, 2.05) is 30.1 Å². The maximum atomic E-state index is 12.5. The average molecular weight is 334 g/mol. The van der Waals surface area contributed by atoms with Crippen LogP contribution < -0.4 is 9.47 Å². The molecule has 1 aliphatic heterocycles. The van der Waals surface area contributed by atoms with Gasteiger partial charge in [0.05, 0.1) is 14.2 Å². The number of carbonyl (C=O) groups excluding carboxylic acids is 1.